The summed E-state index contributed by atoms with van der Waals surface area (Å²) < 4.78 is 6.47. The average molecular weight is 397 g/mol. The number of Topliss-reactive ketones (excluding diaryl/α,β-unsaturated/α-hetero) is 2. The molecule has 4 nitrogen and oxygen atoms in total. The molecule has 4 rings (SSSR count). The Hall–Kier alpha value is -1.94. The molecule has 0 aromatic heterocycles. The number of ether oxygens (including phenoxy) is 1. The van der Waals surface area contributed by atoms with E-state index in [4.69, 9.17) is 4.74 Å². The minimum absolute atomic E-state index is 0.0244. The molecule has 1 aromatic carbocycles. The van der Waals surface area contributed by atoms with Crippen LogP contribution in [0.25, 0.3) is 0 Å². The van der Waals surface area contributed by atoms with Gasteiger partial charge in [0.25, 0.3) is 0 Å². The van der Waals surface area contributed by atoms with Crippen LogP contribution in [0.2, 0.25) is 0 Å². The van der Waals surface area contributed by atoms with Crippen LogP contribution in [0.4, 0.5) is 0 Å². The molecule has 1 saturated carbocycles. The van der Waals surface area contributed by atoms with Crippen molar-refractivity contribution in [2.45, 2.75) is 72.0 Å². The highest BCUT2D eigenvalue weighted by molar-refractivity contribution is 5.99. The molecule has 1 heterocycles. The first-order valence-electron chi connectivity index (χ1n) is 10.7. The van der Waals surface area contributed by atoms with Crippen LogP contribution in [0.5, 0.6) is 0 Å². The van der Waals surface area contributed by atoms with Gasteiger partial charge in [0.15, 0.2) is 5.78 Å². The fourth-order valence-corrected chi connectivity index (χ4v) is 5.71. The Morgan fingerprint density at radius 2 is 1.66 bits per heavy atom. The zero-order valence-electron chi connectivity index (χ0n) is 17.9. The summed E-state index contributed by atoms with van der Waals surface area (Å²) in [6, 6.07) is 10.1. The highest BCUT2D eigenvalue weighted by Crippen LogP contribution is 2.51. The SMILES string of the molecule is CC1(C)CC(=O)C([C@H]2[C@H]3C(=O)CC(C)(C)C[C@H]3O[C@H]2Cc2ccccc2)=C(O)C1. The molecule has 29 heavy (non-hydrogen) atoms. The second-order valence-electron chi connectivity index (χ2n) is 10.8. The van der Waals surface area contributed by atoms with Gasteiger partial charge in [-0.25, -0.2) is 0 Å². The molecule has 0 bridgehead atoms. The molecule has 2 aliphatic carbocycles. The predicted molar refractivity (Wildman–Crippen MR) is 111 cm³/mol. The molecule has 1 aromatic rings. The first-order valence-corrected chi connectivity index (χ1v) is 10.7. The van der Waals surface area contributed by atoms with E-state index in [9.17, 15) is 14.7 Å². The van der Waals surface area contributed by atoms with Gasteiger partial charge < -0.3 is 9.84 Å². The fraction of sp³-hybridized carbons (Fsp3) is 0.600. The minimum atomic E-state index is -0.354. The third kappa shape index (κ3) is 3.92. The number of carbonyl (C=O) groups excluding carboxylic acids is 2. The second kappa shape index (κ2) is 7.09. The van der Waals surface area contributed by atoms with E-state index in [-0.39, 0.29) is 52.2 Å². The van der Waals surface area contributed by atoms with Gasteiger partial charge in [0, 0.05) is 30.8 Å². The van der Waals surface area contributed by atoms with Gasteiger partial charge in [-0.1, -0.05) is 58.0 Å². The van der Waals surface area contributed by atoms with Gasteiger partial charge in [-0.2, -0.15) is 0 Å². The number of benzene rings is 1. The van der Waals surface area contributed by atoms with Gasteiger partial charge in [-0.15, -0.1) is 0 Å². The summed E-state index contributed by atoms with van der Waals surface area (Å²) in [5.41, 5.74) is 1.23. The summed E-state index contributed by atoms with van der Waals surface area (Å²) in [7, 11) is 0. The Morgan fingerprint density at radius 3 is 2.31 bits per heavy atom. The number of carbonyl (C=O) groups is 2. The van der Waals surface area contributed by atoms with Gasteiger partial charge in [-0.05, 0) is 29.2 Å². The van der Waals surface area contributed by atoms with Crippen molar-refractivity contribution in [3.05, 3.63) is 47.2 Å². The van der Waals surface area contributed by atoms with Crippen LogP contribution < -0.4 is 0 Å². The Morgan fingerprint density at radius 1 is 0.966 bits per heavy atom. The standard InChI is InChI=1S/C25H32O4/c1-24(2)11-16(26)21(17(27)12-24)23-19(10-15-8-6-5-7-9-15)29-20-14-25(3,4)13-18(28)22(20)23/h5-9,19-20,22-23,26H,10-14H2,1-4H3/t19-,20+,22-,23-/m0/s1. The van der Waals surface area contributed by atoms with E-state index in [1.807, 2.05) is 44.2 Å². The number of ketones is 2. The number of hydrogen-bond donors (Lipinski definition) is 1. The normalized spacial score (nSPS) is 33.7. The number of allylic oxidation sites excluding steroid dienone is 1. The second-order valence-corrected chi connectivity index (χ2v) is 10.8. The molecule has 3 aliphatic rings. The third-order valence-corrected chi connectivity index (χ3v) is 6.83. The van der Waals surface area contributed by atoms with Crippen LogP contribution in [0.15, 0.2) is 41.7 Å². The molecule has 2 fully saturated rings. The van der Waals surface area contributed by atoms with E-state index in [1.54, 1.807) is 0 Å². The van der Waals surface area contributed by atoms with E-state index in [0.29, 0.717) is 31.3 Å². The lowest BCUT2D eigenvalue weighted by molar-refractivity contribution is -0.132. The summed E-state index contributed by atoms with van der Waals surface area (Å²) in [5.74, 6) is -0.379. The number of fused-ring (bicyclic) bond motifs is 1. The predicted octanol–water partition coefficient (Wildman–Crippen LogP) is 4.82. The van der Waals surface area contributed by atoms with Crippen LogP contribution in [0, 0.1) is 22.7 Å². The van der Waals surface area contributed by atoms with Crippen LogP contribution in [0.1, 0.15) is 58.9 Å². The maximum atomic E-state index is 13.2. The molecule has 0 radical (unpaired) electrons. The van der Waals surface area contributed by atoms with Crippen molar-refractivity contribution in [3.63, 3.8) is 0 Å². The molecule has 4 heteroatoms. The third-order valence-electron chi connectivity index (χ3n) is 6.83. The zero-order valence-corrected chi connectivity index (χ0v) is 17.9. The largest absolute Gasteiger partial charge is 0.512 e. The van der Waals surface area contributed by atoms with Crippen LogP contribution >= 0.6 is 0 Å². The van der Waals surface area contributed by atoms with Gasteiger partial charge in [0.2, 0.25) is 0 Å². The molecule has 0 amide bonds. The van der Waals surface area contributed by atoms with Gasteiger partial charge >= 0.3 is 0 Å². The number of aliphatic hydroxyl groups excluding tert-OH is 1. The van der Waals surface area contributed by atoms with E-state index < -0.39 is 0 Å². The molecular weight excluding hydrogens is 364 g/mol. The van der Waals surface area contributed by atoms with Crippen molar-refractivity contribution >= 4 is 11.6 Å². The van der Waals surface area contributed by atoms with Gasteiger partial charge in [-0.3, -0.25) is 9.59 Å². The fourth-order valence-electron chi connectivity index (χ4n) is 5.71. The Bertz CT molecular complexity index is 849. The van der Waals surface area contributed by atoms with Crippen molar-refractivity contribution in [2.24, 2.45) is 22.7 Å². The average Bonchev–Trinajstić information content (AvgIpc) is 2.90. The first kappa shape index (κ1) is 20.3. The number of hydrogen-bond acceptors (Lipinski definition) is 4. The lowest BCUT2D eigenvalue weighted by Crippen LogP contribution is -2.43. The van der Waals surface area contributed by atoms with Crippen molar-refractivity contribution in [2.75, 3.05) is 0 Å². The molecule has 4 atom stereocenters. The zero-order chi connectivity index (χ0) is 21.0. The summed E-state index contributed by atoms with van der Waals surface area (Å²) >= 11 is 0. The topological polar surface area (TPSA) is 63.6 Å². The van der Waals surface area contributed by atoms with Crippen molar-refractivity contribution < 1.29 is 19.4 Å². The maximum Gasteiger partial charge on any atom is 0.163 e. The van der Waals surface area contributed by atoms with Crippen molar-refractivity contribution in [1.82, 2.24) is 0 Å². The molecule has 1 saturated heterocycles. The maximum absolute atomic E-state index is 13.2. The molecule has 0 unspecified atom stereocenters. The highest BCUT2D eigenvalue weighted by Gasteiger charge is 2.56. The van der Waals surface area contributed by atoms with Crippen LogP contribution in [-0.2, 0) is 20.7 Å². The van der Waals surface area contributed by atoms with Crippen LogP contribution in [-0.4, -0.2) is 28.9 Å². The Labute approximate surface area is 173 Å². The summed E-state index contributed by atoms with van der Waals surface area (Å²) in [5, 5.41) is 10.9. The first-order chi connectivity index (χ1) is 13.6. The van der Waals surface area contributed by atoms with E-state index in [2.05, 4.69) is 13.8 Å². The Balaban J connectivity index is 1.74. The quantitative estimate of drug-likeness (QED) is 0.796. The van der Waals surface area contributed by atoms with Crippen molar-refractivity contribution in [3.8, 4) is 0 Å². The molecular formula is C25H32O4. The smallest absolute Gasteiger partial charge is 0.163 e. The summed E-state index contributed by atoms with van der Waals surface area (Å²) in [6.45, 7) is 8.22. The number of aliphatic hydroxyl groups is 1. The summed E-state index contributed by atoms with van der Waals surface area (Å²) in [4.78, 5) is 26.3. The van der Waals surface area contributed by atoms with Gasteiger partial charge in [0.05, 0.1) is 23.9 Å². The van der Waals surface area contributed by atoms with Crippen LogP contribution in [0.3, 0.4) is 0 Å². The van der Waals surface area contributed by atoms with Gasteiger partial charge in [0.1, 0.15) is 5.78 Å². The minimum Gasteiger partial charge on any atom is -0.512 e. The van der Waals surface area contributed by atoms with E-state index in [0.717, 1.165) is 12.0 Å². The summed E-state index contributed by atoms with van der Waals surface area (Å²) in [6.07, 6.45) is 2.36. The highest BCUT2D eigenvalue weighted by atomic mass is 16.5. The molecule has 1 aliphatic heterocycles. The Kier molecular flexibility index (Phi) is 4.97. The monoisotopic (exact) mass is 396 g/mol. The lowest BCUT2D eigenvalue weighted by Gasteiger charge is -2.38. The molecule has 156 valence electrons. The number of rotatable bonds is 3. The lowest BCUT2D eigenvalue weighted by atomic mass is 9.63. The van der Waals surface area contributed by atoms with E-state index in [1.165, 1.54) is 0 Å². The molecule has 1 N–H and O–H groups in total. The van der Waals surface area contributed by atoms with E-state index >= 15 is 0 Å². The van der Waals surface area contributed by atoms with Crippen molar-refractivity contribution in [1.29, 1.82) is 0 Å². The molecule has 0 spiro atoms.